The van der Waals surface area contributed by atoms with Gasteiger partial charge in [-0.3, -0.25) is 0 Å². The van der Waals surface area contributed by atoms with Gasteiger partial charge in [-0.15, -0.1) is 0 Å². The van der Waals surface area contributed by atoms with Crippen LogP contribution in [0.3, 0.4) is 0 Å². The van der Waals surface area contributed by atoms with Crippen LogP contribution in [0.5, 0.6) is 0 Å². The second-order valence-electron chi connectivity index (χ2n) is 6.32. The third kappa shape index (κ3) is 3.12. The molecule has 0 bridgehead atoms. The van der Waals surface area contributed by atoms with Crippen molar-refractivity contribution in [3.05, 3.63) is 66.2 Å². The normalized spacial score (nSPS) is 14.0. The number of furan rings is 1. The van der Waals surface area contributed by atoms with E-state index in [0.717, 1.165) is 29.8 Å². The number of nitriles is 1. The molecule has 0 atom stereocenters. The maximum atomic E-state index is 9.82. The molecule has 3 aromatic rings. The number of likely N-dealkylation sites (tertiary alicyclic amines) is 1. The first kappa shape index (κ1) is 16.2. The molecular formula is C22H19N3O. The summed E-state index contributed by atoms with van der Waals surface area (Å²) in [7, 11) is 0. The minimum Gasteiger partial charge on any atom is -0.436 e. The number of aliphatic imine (C=N–C) groups is 1. The minimum atomic E-state index is 0.372. The fourth-order valence-corrected chi connectivity index (χ4v) is 3.28. The Morgan fingerprint density at radius 1 is 0.923 bits per heavy atom. The van der Waals surface area contributed by atoms with E-state index in [1.807, 2.05) is 60.7 Å². The van der Waals surface area contributed by atoms with Gasteiger partial charge in [-0.2, -0.15) is 5.26 Å². The molecule has 4 rings (SSSR count). The summed E-state index contributed by atoms with van der Waals surface area (Å²) in [6.07, 6.45) is 4.16. The Bertz CT molecular complexity index is 946. The summed E-state index contributed by atoms with van der Waals surface area (Å²) in [6, 6.07) is 22.0. The van der Waals surface area contributed by atoms with E-state index < -0.39 is 0 Å². The van der Waals surface area contributed by atoms with Gasteiger partial charge in [0.15, 0.2) is 0 Å². The lowest BCUT2D eigenvalue weighted by atomic mass is 9.98. The summed E-state index contributed by atoms with van der Waals surface area (Å²) in [5.74, 6) is 1.05. The Hall–Kier alpha value is -3.32. The van der Waals surface area contributed by atoms with Gasteiger partial charge >= 0.3 is 0 Å². The zero-order chi connectivity index (χ0) is 17.8. The van der Waals surface area contributed by atoms with E-state index in [2.05, 4.69) is 16.0 Å². The van der Waals surface area contributed by atoms with Crippen molar-refractivity contribution in [3.63, 3.8) is 0 Å². The quantitative estimate of drug-likeness (QED) is 0.481. The Kier molecular flexibility index (Phi) is 4.53. The fraction of sp³-hybridized carbons (Fsp3) is 0.182. The Labute approximate surface area is 153 Å². The summed E-state index contributed by atoms with van der Waals surface area (Å²) < 4.78 is 6.09. The maximum Gasteiger partial charge on any atom is 0.239 e. The van der Waals surface area contributed by atoms with E-state index in [-0.39, 0.29) is 0 Å². The third-order valence-electron chi connectivity index (χ3n) is 4.58. The summed E-state index contributed by atoms with van der Waals surface area (Å²) in [4.78, 5) is 6.66. The Morgan fingerprint density at radius 2 is 1.54 bits per heavy atom. The molecule has 1 aliphatic heterocycles. The zero-order valence-electron chi connectivity index (χ0n) is 14.4. The fourth-order valence-electron chi connectivity index (χ4n) is 3.28. The Morgan fingerprint density at radius 3 is 2.15 bits per heavy atom. The molecule has 0 unspecified atom stereocenters. The van der Waals surface area contributed by atoms with Crippen molar-refractivity contribution in [2.45, 2.75) is 12.8 Å². The Balaban J connectivity index is 1.86. The highest BCUT2D eigenvalue weighted by atomic mass is 16.4. The lowest BCUT2D eigenvalue weighted by Crippen LogP contribution is -2.16. The summed E-state index contributed by atoms with van der Waals surface area (Å²) >= 11 is 0. The number of rotatable bonds is 4. The van der Waals surface area contributed by atoms with E-state index in [0.29, 0.717) is 17.2 Å². The van der Waals surface area contributed by atoms with Crippen LogP contribution in [0.1, 0.15) is 18.4 Å². The van der Waals surface area contributed by atoms with Crippen LogP contribution in [-0.4, -0.2) is 24.3 Å². The van der Waals surface area contributed by atoms with Crippen molar-refractivity contribution in [3.8, 4) is 28.5 Å². The molecule has 1 saturated heterocycles. The molecule has 0 aliphatic carbocycles. The average molecular weight is 341 g/mol. The van der Waals surface area contributed by atoms with Crippen molar-refractivity contribution in [1.82, 2.24) is 4.90 Å². The average Bonchev–Trinajstić information content (AvgIpc) is 3.35. The minimum absolute atomic E-state index is 0.372. The highest BCUT2D eigenvalue weighted by molar-refractivity contribution is 5.88. The number of nitrogens with zero attached hydrogens (tertiary/aromatic N) is 3. The smallest absolute Gasteiger partial charge is 0.239 e. The first-order chi connectivity index (χ1) is 12.9. The van der Waals surface area contributed by atoms with Gasteiger partial charge in [-0.25, -0.2) is 4.99 Å². The molecule has 4 heteroatoms. The van der Waals surface area contributed by atoms with Gasteiger partial charge in [0.25, 0.3) is 0 Å². The second kappa shape index (κ2) is 7.28. The zero-order valence-corrected chi connectivity index (χ0v) is 14.4. The molecule has 128 valence electrons. The van der Waals surface area contributed by atoms with Crippen LogP contribution < -0.4 is 0 Å². The number of hydrogen-bond acceptors (Lipinski definition) is 3. The number of benzene rings is 2. The highest BCUT2D eigenvalue weighted by Gasteiger charge is 2.22. The second-order valence-corrected chi connectivity index (χ2v) is 6.32. The van der Waals surface area contributed by atoms with E-state index in [4.69, 9.17) is 4.42 Å². The SMILES string of the molecule is N#Cc1c(/N=C/N2CCCC2)oc(-c2ccccc2)c1-c1ccccc1. The van der Waals surface area contributed by atoms with Crippen molar-refractivity contribution in [1.29, 1.82) is 5.26 Å². The molecule has 0 radical (unpaired) electrons. The molecule has 1 aliphatic rings. The molecule has 0 N–H and O–H groups in total. The molecule has 0 saturated carbocycles. The third-order valence-corrected chi connectivity index (χ3v) is 4.58. The standard InChI is InChI=1S/C22H19N3O/c23-15-19-20(17-9-3-1-4-10-17)21(18-11-5-2-6-12-18)26-22(19)24-16-25-13-7-8-14-25/h1-6,9-12,16H,7-8,13-14H2/b24-16+. The van der Waals surface area contributed by atoms with Crippen molar-refractivity contribution in [2.24, 2.45) is 4.99 Å². The van der Waals surface area contributed by atoms with Crippen LogP contribution in [0.25, 0.3) is 22.5 Å². The van der Waals surface area contributed by atoms with Gasteiger partial charge in [0.2, 0.25) is 5.88 Å². The first-order valence-corrected chi connectivity index (χ1v) is 8.83. The van der Waals surface area contributed by atoms with Gasteiger partial charge in [0.05, 0.1) is 6.34 Å². The molecule has 0 spiro atoms. The molecule has 1 fully saturated rings. The lowest BCUT2D eigenvalue weighted by Gasteiger charge is -2.07. The van der Waals surface area contributed by atoms with E-state index in [9.17, 15) is 5.26 Å². The maximum absolute atomic E-state index is 9.82. The predicted octanol–water partition coefficient (Wildman–Crippen LogP) is 5.24. The molecule has 4 nitrogen and oxygen atoms in total. The van der Waals surface area contributed by atoms with Crippen LogP contribution >= 0.6 is 0 Å². The van der Waals surface area contributed by atoms with Crippen LogP contribution in [-0.2, 0) is 0 Å². The summed E-state index contributed by atoms with van der Waals surface area (Å²) in [6.45, 7) is 2.01. The van der Waals surface area contributed by atoms with Crippen molar-refractivity contribution < 1.29 is 4.42 Å². The molecule has 2 heterocycles. The molecule has 26 heavy (non-hydrogen) atoms. The van der Waals surface area contributed by atoms with E-state index in [1.165, 1.54) is 12.8 Å². The monoisotopic (exact) mass is 341 g/mol. The van der Waals surface area contributed by atoms with Gasteiger partial charge < -0.3 is 9.32 Å². The number of hydrogen-bond donors (Lipinski definition) is 0. The molecular weight excluding hydrogens is 322 g/mol. The van der Waals surface area contributed by atoms with Crippen LogP contribution in [0.2, 0.25) is 0 Å². The van der Waals surface area contributed by atoms with Gasteiger partial charge in [0, 0.05) is 24.2 Å². The highest BCUT2D eigenvalue weighted by Crippen LogP contribution is 2.42. The molecule has 0 amide bonds. The first-order valence-electron chi connectivity index (χ1n) is 8.83. The van der Waals surface area contributed by atoms with Gasteiger partial charge in [-0.1, -0.05) is 60.7 Å². The lowest BCUT2D eigenvalue weighted by molar-refractivity contribution is 0.531. The summed E-state index contributed by atoms with van der Waals surface area (Å²) in [5.41, 5.74) is 3.16. The van der Waals surface area contributed by atoms with E-state index >= 15 is 0 Å². The molecule has 1 aromatic heterocycles. The van der Waals surface area contributed by atoms with Crippen LogP contribution in [0.15, 0.2) is 70.1 Å². The predicted molar refractivity (Wildman–Crippen MR) is 103 cm³/mol. The van der Waals surface area contributed by atoms with Crippen LogP contribution in [0.4, 0.5) is 5.88 Å². The van der Waals surface area contributed by atoms with Crippen molar-refractivity contribution in [2.75, 3.05) is 13.1 Å². The van der Waals surface area contributed by atoms with Crippen LogP contribution in [0, 0.1) is 11.3 Å². The van der Waals surface area contributed by atoms with Gasteiger partial charge in [-0.05, 0) is 18.4 Å². The largest absolute Gasteiger partial charge is 0.436 e. The molecule has 2 aromatic carbocycles. The topological polar surface area (TPSA) is 52.5 Å². The van der Waals surface area contributed by atoms with Gasteiger partial charge in [0.1, 0.15) is 17.4 Å². The van der Waals surface area contributed by atoms with Crippen molar-refractivity contribution >= 4 is 12.2 Å². The summed E-state index contributed by atoms with van der Waals surface area (Å²) in [5, 5.41) is 9.82. The van der Waals surface area contributed by atoms with E-state index in [1.54, 1.807) is 6.34 Å².